The Hall–Kier alpha value is -2.15. The lowest BCUT2D eigenvalue weighted by Gasteiger charge is -2.19. The number of nitro groups is 1. The van der Waals surface area contributed by atoms with Crippen molar-refractivity contribution in [1.29, 1.82) is 0 Å². The van der Waals surface area contributed by atoms with Gasteiger partial charge in [-0.1, -0.05) is 6.92 Å². The average Bonchev–Trinajstić information content (AvgIpc) is 2.36. The Morgan fingerprint density at radius 1 is 1.44 bits per heavy atom. The highest BCUT2D eigenvalue weighted by Gasteiger charge is 2.13. The van der Waals surface area contributed by atoms with Crippen LogP contribution in [0, 0.1) is 10.1 Å². The van der Waals surface area contributed by atoms with Crippen molar-refractivity contribution in [3.05, 3.63) is 34.4 Å². The first-order valence-electron chi connectivity index (χ1n) is 5.49. The molecule has 18 heavy (non-hydrogen) atoms. The van der Waals surface area contributed by atoms with Gasteiger partial charge in [-0.25, -0.2) is 15.2 Å². The highest BCUT2D eigenvalue weighted by Crippen LogP contribution is 2.17. The van der Waals surface area contributed by atoms with E-state index in [9.17, 15) is 14.9 Å². The number of nitrogens with zero attached hydrogens (tertiary/aromatic N) is 2. The fraction of sp³-hybridized carbons (Fsp3) is 0.364. The second kappa shape index (κ2) is 6.55. The third-order valence-corrected chi connectivity index (χ3v) is 2.19. The number of carbonyl (C=O) groups is 1. The number of rotatable bonds is 5. The van der Waals surface area contributed by atoms with E-state index in [1.54, 1.807) is 7.05 Å². The van der Waals surface area contributed by atoms with Crippen LogP contribution in [-0.4, -0.2) is 29.6 Å². The van der Waals surface area contributed by atoms with E-state index in [1.807, 2.05) is 6.92 Å². The van der Waals surface area contributed by atoms with Crippen molar-refractivity contribution in [2.24, 2.45) is 0 Å². The third kappa shape index (κ3) is 3.70. The Kier molecular flexibility index (Phi) is 5.06. The van der Waals surface area contributed by atoms with E-state index in [-0.39, 0.29) is 11.4 Å². The quantitative estimate of drug-likeness (QED) is 0.640. The molecule has 0 heterocycles. The smallest absolute Gasteiger partial charge is 0.409 e. The molecule has 0 atom stereocenters. The zero-order chi connectivity index (χ0) is 13.5. The molecular weight excluding hydrogens is 238 g/mol. The van der Waals surface area contributed by atoms with Gasteiger partial charge in [-0.05, 0) is 18.6 Å². The zero-order valence-corrected chi connectivity index (χ0v) is 10.3. The first kappa shape index (κ1) is 13.9. The molecule has 0 saturated carbocycles. The Labute approximate surface area is 104 Å². The predicted molar refractivity (Wildman–Crippen MR) is 65.2 cm³/mol. The first-order valence-corrected chi connectivity index (χ1v) is 5.49. The minimum Gasteiger partial charge on any atom is -0.409 e. The minimum atomic E-state index is -0.548. The van der Waals surface area contributed by atoms with Crippen LogP contribution in [-0.2, 0) is 0 Å². The van der Waals surface area contributed by atoms with Crippen molar-refractivity contribution >= 4 is 11.8 Å². The van der Waals surface area contributed by atoms with Crippen LogP contribution < -0.4 is 10.2 Å². The summed E-state index contributed by atoms with van der Waals surface area (Å²) in [5.41, 5.74) is 2.66. The van der Waals surface area contributed by atoms with Gasteiger partial charge < -0.3 is 4.74 Å². The van der Waals surface area contributed by atoms with Gasteiger partial charge in [-0.3, -0.25) is 10.1 Å². The van der Waals surface area contributed by atoms with Crippen molar-refractivity contribution in [3.63, 3.8) is 0 Å². The average molecular weight is 253 g/mol. The first-order chi connectivity index (χ1) is 8.58. The fourth-order valence-corrected chi connectivity index (χ4v) is 1.31. The summed E-state index contributed by atoms with van der Waals surface area (Å²) in [6.07, 6.45) is 0.240. The molecule has 7 heteroatoms. The lowest BCUT2D eigenvalue weighted by atomic mass is 10.3. The van der Waals surface area contributed by atoms with Gasteiger partial charge in [-0.15, -0.1) is 0 Å². The zero-order valence-electron chi connectivity index (χ0n) is 10.3. The maximum Gasteiger partial charge on any atom is 0.429 e. The van der Waals surface area contributed by atoms with Gasteiger partial charge >= 0.3 is 6.09 Å². The van der Waals surface area contributed by atoms with Gasteiger partial charge in [0.25, 0.3) is 5.69 Å². The number of ether oxygens (including phenoxy) is 1. The number of carbonyl (C=O) groups excluding carboxylic acids is 1. The Morgan fingerprint density at radius 3 is 2.50 bits per heavy atom. The summed E-state index contributed by atoms with van der Waals surface area (Å²) >= 11 is 0. The second-order valence-corrected chi connectivity index (χ2v) is 3.49. The molecule has 1 N–H and O–H groups in total. The van der Waals surface area contributed by atoms with Crippen LogP contribution in [0.4, 0.5) is 10.5 Å². The van der Waals surface area contributed by atoms with E-state index < -0.39 is 11.0 Å². The van der Waals surface area contributed by atoms with E-state index in [4.69, 9.17) is 4.74 Å². The van der Waals surface area contributed by atoms with Crippen molar-refractivity contribution < 1.29 is 14.5 Å². The second-order valence-electron chi connectivity index (χ2n) is 3.49. The summed E-state index contributed by atoms with van der Waals surface area (Å²) in [5.74, 6) is 0.266. The van der Waals surface area contributed by atoms with Crippen molar-refractivity contribution in [3.8, 4) is 5.75 Å². The molecule has 0 saturated heterocycles. The molecule has 0 fully saturated rings. The van der Waals surface area contributed by atoms with Gasteiger partial charge in [0.1, 0.15) is 5.75 Å². The molecule has 1 aromatic rings. The summed E-state index contributed by atoms with van der Waals surface area (Å²) < 4.78 is 5.06. The molecule has 0 bridgehead atoms. The van der Waals surface area contributed by atoms with Crippen molar-refractivity contribution in [2.45, 2.75) is 13.3 Å². The molecule has 98 valence electrons. The molecule has 0 aromatic heterocycles. The van der Waals surface area contributed by atoms with Crippen LogP contribution in [0.2, 0.25) is 0 Å². The summed E-state index contributed by atoms with van der Waals surface area (Å²) in [6, 6.07) is 5.34. The molecule has 1 aromatic carbocycles. The summed E-state index contributed by atoms with van der Waals surface area (Å²) in [5, 5.41) is 11.8. The van der Waals surface area contributed by atoms with E-state index in [0.717, 1.165) is 6.42 Å². The van der Waals surface area contributed by atoms with Crippen LogP contribution in [0.15, 0.2) is 24.3 Å². The highest BCUT2D eigenvalue weighted by molar-refractivity contribution is 5.70. The summed E-state index contributed by atoms with van der Waals surface area (Å²) in [6.45, 7) is 2.45. The third-order valence-electron chi connectivity index (χ3n) is 2.19. The van der Waals surface area contributed by atoms with Crippen LogP contribution in [0.3, 0.4) is 0 Å². The molecule has 0 spiro atoms. The van der Waals surface area contributed by atoms with E-state index in [2.05, 4.69) is 5.43 Å². The maximum atomic E-state index is 11.7. The van der Waals surface area contributed by atoms with E-state index >= 15 is 0 Å². The highest BCUT2D eigenvalue weighted by atomic mass is 16.6. The van der Waals surface area contributed by atoms with Gasteiger partial charge in [0, 0.05) is 25.7 Å². The number of amides is 1. The molecule has 0 radical (unpaired) electrons. The predicted octanol–water partition coefficient (Wildman–Crippen LogP) is 1.94. The van der Waals surface area contributed by atoms with Gasteiger partial charge in [0.05, 0.1) is 4.92 Å². The topological polar surface area (TPSA) is 84.7 Å². The molecule has 0 aliphatic rings. The van der Waals surface area contributed by atoms with Crippen LogP contribution in [0.5, 0.6) is 5.75 Å². The lowest BCUT2D eigenvalue weighted by Crippen LogP contribution is -2.42. The molecule has 1 rings (SSSR count). The maximum absolute atomic E-state index is 11.7. The summed E-state index contributed by atoms with van der Waals surface area (Å²) in [4.78, 5) is 21.6. The lowest BCUT2D eigenvalue weighted by molar-refractivity contribution is -0.384. The van der Waals surface area contributed by atoms with Crippen LogP contribution in [0.1, 0.15) is 13.3 Å². The number of nitrogens with one attached hydrogen (secondary N) is 1. The Morgan fingerprint density at radius 2 is 2.06 bits per heavy atom. The molecule has 7 nitrogen and oxygen atoms in total. The molecule has 1 amide bonds. The normalized spacial score (nSPS) is 9.89. The Balaban J connectivity index is 2.66. The van der Waals surface area contributed by atoms with E-state index in [1.165, 1.54) is 29.3 Å². The Bertz CT molecular complexity index is 419. The summed E-state index contributed by atoms with van der Waals surface area (Å²) in [7, 11) is 1.62. The standard InChI is InChI=1S/C11H15N3O4/c1-3-8-13(12-2)11(15)18-10-6-4-9(5-7-10)14(16)17/h4-7,12H,3,8H2,1-2H3. The van der Waals surface area contributed by atoms with E-state index in [0.29, 0.717) is 6.54 Å². The van der Waals surface area contributed by atoms with Gasteiger partial charge in [-0.2, -0.15) is 0 Å². The SMILES string of the molecule is CCCN(NC)C(=O)Oc1ccc([N+](=O)[O-])cc1. The van der Waals surface area contributed by atoms with Gasteiger partial charge in [0.2, 0.25) is 0 Å². The molecule has 0 aliphatic carbocycles. The monoisotopic (exact) mass is 253 g/mol. The molecular formula is C11H15N3O4. The van der Waals surface area contributed by atoms with Crippen molar-refractivity contribution in [1.82, 2.24) is 10.4 Å². The number of nitro benzene ring substituents is 1. The minimum absolute atomic E-state index is 0.0474. The number of hydrogen-bond donors (Lipinski definition) is 1. The van der Waals surface area contributed by atoms with Crippen LogP contribution >= 0.6 is 0 Å². The number of hydrazine groups is 1. The fourth-order valence-electron chi connectivity index (χ4n) is 1.31. The van der Waals surface area contributed by atoms with Crippen LogP contribution in [0.25, 0.3) is 0 Å². The molecule has 0 aliphatic heterocycles. The number of non-ortho nitro benzene ring substituents is 1. The van der Waals surface area contributed by atoms with Gasteiger partial charge in [0.15, 0.2) is 0 Å². The van der Waals surface area contributed by atoms with Crippen molar-refractivity contribution in [2.75, 3.05) is 13.6 Å². The number of benzene rings is 1. The molecule has 0 unspecified atom stereocenters. The number of hydrogen-bond acceptors (Lipinski definition) is 5. The largest absolute Gasteiger partial charge is 0.429 e.